The molecule has 1 saturated carbocycles. The average molecular weight is 321 g/mol. The molecule has 1 unspecified atom stereocenters. The first-order valence-electron chi connectivity index (χ1n) is 8.45. The summed E-state index contributed by atoms with van der Waals surface area (Å²) in [6.45, 7) is 5.49. The Morgan fingerprint density at radius 3 is 2.73 bits per heavy atom. The summed E-state index contributed by atoms with van der Waals surface area (Å²) in [5.41, 5.74) is 6.17. The lowest BCUT2D eigenvalue weighted by molar-refractivity contribution is 0.143. The molecule has 2 heterocycles. The van der Waals surface area contributed by atoms with Gasteiger partial charge in [0.25, 0.3) is 0 Å². The molecule has 1 atom stereocenters. The summed E-state index contributed by atoms with van der Waals surface area (Å²) in [5, 5.41) is 2.16. The SMILES string of the molecule is CC1CCN(C(CN=C(N)N(C)C2CC2)c2cccs2)CC1. The van der Waals surface area contributed by atoms with Gasteiger partial charge in [-0.1, -0.05) is 13.0 Å². The fraction of sp³-hybridized carbons (Fsp3) is 0.706. The summed E-state index contributed by atoms with van der Waals surface area (Å²) in [6, 6.07) is 5.39. The number of likely N-dealkylation sites (tertiary alicyclic amines) is 1. The second-order valence-corrected chi connectivity index (χ2v) is 7.77. The minimum atomic E-state index is 0.388. The molecule has 1 aliphatic heterocycles. The van der Waals surface area contributed by atoms with E-state index in [1.807, 2.05) is 11.3 Å². The minimum Gasteiger partial charge on any atom is -0.370 e. The molecule has 1 aromatic heterocycles. The number of aliphatic imine (C=N–C) groups is 1. The number of guanidine groups is 1. The summed E-state index contributed by atoms with van der Waals surface area (Å²) in [5.74, 6) is 1.56. The van der Waals surface area contributed by atoms with Gasteiger partial charge in [0.2, 0.25) is 0 Å². The standard InChI is InChI=1S/C17H28N4S/c1-13-7-9-21(10-8-13)15(16-4-3-11-22-16)12-19-17(18)20(2)14-5-6-14/h3-4,11,13-15H,5-10,12H2,1-2H3,(H2,18,19). The van der Waals surface area contributed by atoms with Gasteiger partial charge in [-0.05, 0) is 56.1 Å². The van der Waals surface area contributed by atoms with E-state index in [1.165, 1.54) is 43.6 Å². The number of piperidine rings is 1. The highest BCUT2D eigenvalue weighted by atomic mass is 32.1. The molecule has 1 aliphatic carbocycles. The number of thiophene rings is 1. The number of nitrogens with two attached hydrogens (primary N) is 1. The molecule has 4 nitrogen and oxygen atoms in total. The van der Waals surface area contributed by atoms with Crippen molar-refractivity contribution in [3.05, 3.63) is 22.4 Å². The third-order valence-electron chi connectivity index (χ3n) is 5.01. The first kappa shape index (κ1) is 15.8. The Morgan fingerprint density at radius 1 is 1.41 bits per heavy atom. The molecule has 5 heteroatoms. The highest BCUT2D eigenvalue weighted by Gasteiger charge is 2.28. The van der Waals surface area contributed by atoms with Crippen LogP contribution in [0.15, 0.2) is 22.5 Å². The minimum absolute atomic E-state index is 0.388. The molecule has 122 valence electrons. The third-order valence-corrected chi connectivity index (χ3v) is 5.99. The van der Waals surface area contributed by atoms with E-state index in [1.54, 1.807) is 0 Å². The van der Waals surface area contributed by atoms with Crippen LogP contribution in [0, 0.1) is 5.92 Å². The zero-order valence-electron chi connectivity index (χ0n) is 13.7. The first-order valence-corrected chi connectivity index (χ1v) is 9.33. The Kier molecular flexibility index (Phi) is 5.03. The normalized spacial score (nSPS) is 22.7. The van der Waals surface area contributed by atoms with Crippen LogP contribution in [-0.2, 0) is 0 Å². The van der Waals surface area contributed by atoms with Crippen LogP contribution in [0.3, 0.4) is 0 Å². The molecule has 3 rings (SSSR count). The quantitative estimate of drug-likeness (QED) is 0.670. The lowest BCUT2D eigenvalue weighted by Gasteiger charge is -2.35. The van der Waals surface area contributed by atoms with E-state index in [2.05, 4.69) is 41.3 Å². The summed E-state index contributed by atoms with van der Waals surface area (Å²) < 4.78 is 0. The van der Waals surface area contributed by atoms with E-state index in [4.69, 9.17) is 10.7 Å². The third kappa shape index (κ3) is 3.82. The maximum Gasteiger partial charge on any atom is 0.191 e. The molecule has 1 aromatic rings. The Hall–Kier alpha value is -1.07. The molecular weight excluding hydrogens is 292 g/mol. The van der Waals surface area contributed by atoms with Crippen molar-refractivity contribution < 1.29 is 0 Å². The zero-order chi connectivity index (χ0) is 15.5. The van der Waals surface area contributed by atoms with Gasteiger partial charge in [0, 0.05) is 18.0 Å². The van der Waals surface area contributed by atoms with Crippen molar-refractivity contribution in [2.75, 3.05) is 26.7 Å². The molecule has 0 aromatic carbocycles. The monoisotopic (exact) mass is 320 g/mol. The molecule has 0 spiro atoms. The van der Waals surface area contributed by atoms with Crippen molar-refractivity contribution in [3.63, 3.8) is 0 Å². The molecule has 1 saturated heterocycles. The summed E-state index contributed by atoms with van der Waals surface area (Å²) in [6.07, 6.45) is 5.10. The fourth-order valence-corrected chi connectivity index (χ4v) is 4.00. The van der Waals surface area contributed by atoms with Gasteiger partial charge >= 0.3 is 0 Å². The highest BCUT2D eigenvalue weighted by Crippen LogP contribution is 2.30. The van der Waals surface area contributed by atoms with E-state index < -0.39 is 0 Å². The lowest BCUT2D eigenvalue weighted by atomic mass is 9.97. The maximum absolute atomic E-state index is 6.17. The van der Waals surface area contributed by atoms with E-state index in [0.717, 1.165) is 12.5 Å². The molecule has 0 amide bonds. The molecule has 0 radical (unpaired) electrons. The molecular formula is C17H28N4S. The van der Waals surface area contributed by atoms with Crippen LogP contribution >= 0.6 is 11.3 Å². The van der Waals surface area contributed by atoms with Crippen molar-refractivity contribution in [2.45, 2.75) is 44.7 Å². The van der Waals surface area contributed by atoms with Crippen LogP contribution in [-0.4, -0.2) is 48.5 Å². The molecule has 0 bridgehead atoms. The highest BCUT2D eigenvalue weighted by molar-refractivity contribution is 7.10. The van der Waals surface area contributed by atoms with Crippen molar-refractivity contribution in [1.29, 1.82) is 0 Å². The molecule has 2 aliphatic rings. The van der Waals surface area contributed by atoms with Crippen LogP contribution < -0.4 is 5.73 Å². The van der Waals surface area contributed by atoms with Gasteiger partial charge < -0.3 is 10.6 Å². The largest absolute Gasteiger partial charge is 0.370 e. The topological polar surface area (TPSA) is 44.9 Å². The van der Waals surface area contributed by atoms with Crippen LogP contribution in [0.2, 0.25) is 0 Å². The molecule has 22 heavy (non-hydrogen) atoms. The van der Waals surface area contributed by atoms with Gasteiger partial charge in [-0.3, -0.25) is 9.89 Å². The number of hydrogen-bond donors (Lipinski definition) is 1. The van der Waals surface area contributed by atoms with E-state index in [9.17, 15) is 0 Å². The van der Waals surface area contributed by atoms with Crippen LogP contribution in [0.5, 0.6) is 0 Å². The summed E-state index contributed by atoms with van der Waals surface area (Å²) in [7, 11) is 2.07. The first-order chi connectivity index (χ1) is 10.6. The van der Waals surface area contributed by atoms with E-state index >= 15 is 0 Å². The van der Waals surface area contributed by atoms with Crippen molar-refractivity contribution in [3.8, 4) is 0 Å². The summed E-state index contributed by atoms with van der Waals surface area (Å²) >= 11 is 1.84. The van der Waals surface area contributed by atoms with Gasteiger partial charge in [0.15, 0.2) is 5.96 Å². The smallest absolute Gasteiger partial charge is 0.191 e. The van der Waals surface area contributed by atoms with Gasteiger partial charge in [0.05, 0.1) is 12.6 Å². The Bertz CT molecular complexity index is 487. The summed E-state index contributed by atoms with van der Waals surface area (Å²) in [4.78, 5) is 10.9. The second kappa shape index (κ2) is 7.01. The predicted molar refractivity (Wildman–Crippen MR) is 94.3 cm³/mol. The Morgan fingerprint density at radius 2 is 2.14 bits per heavy atom. The Balaban J connectivity index is 1.67. The van der Waals surface area contributed by atoms with Crippen molar-refractivity contribution in [2.24, 2.45) is 16.6 Å². The molecule has 2 fully saturated rings. The van der Waals surface area contributed by atoms with Crippen LogP contribution in [0.1, 0.15) is 43.5 Å². The number of hydrogen-bond acceptors (Lipinski definition) is 3. The number of nitrogens with zero attached hydrogens (tertiary/aromatic N) is 3. The zero-order valence-corrected chi connectivity index (χ0v) is 14.6. The van der Waals surface area contributed by atoms with Gasteiger partial charge in [-0.25, -0.2) is 0 Å². The second-order valence-electron chi connectivity index (χ2n) is 6.79. The van der Waals surface area contributed by atoms with Crippen LogP contribution in [0.4, 0.5) is 0 Å². The van der Waals surface area contributed by atoms with Gasteiger partial charge in [0.1, 0.15) is 0 Å². The van der Waals surface area contributed by atoms with Crippen molar-refractivity contribution >= 4 is 17.3 Å². The Labute approximate surface area is 138 Å². The van der Waals surface area contributed by atoms with E-state index in [-0.39, 0.29) is 0 Å². The van der Waals surface area contributed by atoms with E-state index in [0.29, 0.717) is 18.0 Å². The molecule has 2 N–H and O–H groups in total. The lowest BCUT2D eigenvalue weighted by Crippen LogP contribution is -2.39. The number of rotatable bonds is 5. The van der Waals surface area contributed by atoms with Gasteiger partial charge in [-0.15, -0.1) is 11.3 Å². The van der Waals surface area contributed by atoms with Gasteiger partial charge in [-0.2, -0.15) is 0 Å². The maximum atomic E-state index is 6.17. The predicted octanol–water partition coefficient (Wildman–Crippen LogP) is 2.93. The van der Waals surface area contributed by atoms with Crippen molar-refractivity contribution in [1.82, 2.24) is 9.80 Å². The fourth-order valence-electron chi connectivity index (χ4n) is 3.15. The van der Waals surface area contributed by atoms with Crippen LogP contribution in [0.25, 0.3) is 0 Å². The average Bonchev–Trinajstić information content (AvgIpc) is 3.24.